The summed E-state index contributed by atoms with van der Waals surface area (Å²) in [5.74, 6) is 0.0792. The van der Waals surface area contributed by atoms with E-state index in [0.29, 0.717) is 29.2 Å². The summed E-state index contributed by atoms with van der Waals surface area (Å²) in [5.41, 5.74) is 2.19. The fraction of sp³-hybridized carbons (Fsp3) is 0.143. The average Bonchev–Trinajstić information content (AvgIpc) is 3.20. The molecule has 138 valence electrons. The second kappa shape index (κ2) is 8.51. The van der Waals surface area contributed by atoms with Crippen molar-refractivity contribution in [2.75, 3.05) is 12.4 Å². The third-order valence-electron chi connectivity index (χ3n) is 4.03. The minimum Gasteiger partial charge on any atom is -0.488 e. The van der Waals surface area contributed by atoms with Gasteiger partial charge in [-0.05, 0) is 48.2 Å². The third-order valence-corrected chi connectivity index (χ3v) is 4.88. The van der Waals surface area contributed by atoms with Gasteiger partial charge in [0.05, 0.1) is 11.3 Å². The number of anilines is 1. The van der Waals surface area contributed by atoms with Crippen LogP contribution in [-0.4, -0.2) is 18.9 Å². The Morgan fingerprint density at radius 1 is 1.04 bits per heavy atom. The molecule has 0 spiro atoms. The van der Waals surface area contributed by atoms with Crippen LogP contribution in [0.2, 0.25) is 0 Å². The Labute approximate surface area is 162 Å². The van der Waals surface area contributed by atoms with Gasteiger partial charge >= 0.3 is 0 Å². The number of benzene rings is 2. The van der Waals surface area contributed by atoms with Gasteiger partial charge in [-0.15, -0.1) is 11.3 Å². The minimum atomic E-state index is -0.299. The van der Waals surface area contributed by atoms with E-state index in [1.807, 2.05) is 36.6 Å². The number of hydrogen-bond acceptors (Lipinski definition) is 4. The number of hydrogen-bond donors (Lipinski definition) is 2. The molecule has 0 fully saturated rings. The molecular weight excluding hydrogens is 360 g/mol. The van der Waals surface area contributed by atoms with Crippen molar-refractivity contribution in [3.8, 4) is 5.75 Å². The standard InChI is InChI=1S/C21H20N2O3S/c1-14-6-3-10-18(19(14)21(25)22-2)23-20(24)15-7-4-8-16(12-15)26-13-17-9-5-11-27-17/h3-12H,13H2,1-2H3,(H,22,25)(H,23,24). The van der Waals surface area contributed by atoms with Crippen LogP contribution in [0.1, 0.15) is 31.2 Å². The van der Waals surface area contributed by atoms with Crippen LogP contribution in [0.4, 0.5) is 5.69 Å². The van der Waals surface area contributed by atoms with Gasteiger partial charge < -0.3 is 15.4 Å². The molecule has 2 amide bonds. The van der Waals surface area contributed by atoms with Crippen LogP contribution in [0.3, 0.4) is 0 Å². The molecule has 3 aromatic rings. The van der Waals surface area contributed by atoms with E-state index in [0.717, 1.165) is 10.4 Å². The molecule has 0 saturated heterocycles. The molecule has 2 N–H and O–H groups in total. The number of carbonyl (C=O) groups is 2. The molecule has 1 aromatic heterocycles. The van der Waals surface area contributed by atoms with Crippen LogP contribution in [0.15, 0.2) is 60.0 Å². The summed E-state index contributed by atoms with van der Waals surface area (Å²) in [7, 11) is 1.56. The van der Waals surface area contributed by atoms with Crippen molar-refractivity contribution in [3.63, 3.8) is 0 Å². The van der Waals surface area contributed by atoms with Crippen LogP contribution in [0.25, 0.3) is 0 Å². The van der Waals surface area contributed by atoms with E-state index in [-0.39, 0.29) is 11.8 Å². The molecule has 3 rings (SSSR count). The Morgan fingerprint density at radius 2 is 1.85 bits per heavy atom. The zero-order valence-electron chi connectivity index (χ0n) is 15.1. The van der Waals surface area contributed by atoms with Crippen molar-refractivity contribution in [2.24, 2.45) is 0 Å². The van der Waals surface area contributed by atoms with Crippen LogP contribution < -0.4 is 15.4 Å². The molecule has 6 heteroatoms. The summed E-state index contributed by atoms with van der Waals surface area (Å²) in [6.45, 7) is 2.29. The molecule has 0 saturated carbocycles. The van der Waals surface area contributed by atoms with E-state index in [1.165, 1.54) is 0 Å². The monoisotopic (exact) mass is 380 g/mol. The first-order valence-electron chi connectivity index (χ1n) is 8.47. The van der Waals surface area contributed by atoms with Gasteiger partial charge in [-0.25, -0.2) is 0 Å². The molecule has 1 heterocycles. The predicted molar refractivity (Wildman–Crippen MR) is 108 cm³/mol. The maximum atomic E-state index is 12.7. The molecule has 5 nitrogen and oxygen atoms in total. The Bertz CT molecular complexity index is 952. The molecule has 0 aliphatic heterocycles. The summed E-state index contributed by atoms with van der Waals surface area (Å²) in [6, 6.07) is 16.3. The zero-order valence-corrected chi connectivity index (χ0v) is 15.9. The molecule has 0 aliphatic rings. The zero-order chi connectivity index (χ0) is 19.2. The highest BCUT2D eigenvalue weighted by molar-refractivity contribution is 7.09. The first-order chi connectivity index (χ1) is 13.1. The molecule has 0 aliphatic carbocycles. The molecule has 0 radical (unpaired) electrons. The predicted octanol–water partition coefficient (Wildman–Crippen LogP) is 4.25. The van der Waals surface area contributed by atoms with E-state index in [4.69, 9.17) is 4.74 Å². The summed E-state index contributed by atoms with van der Waals surface area (Å²) in [6.07, 6.45) is 0. The molecule has 0 atom stereocenters. The van der Waals surface area contributed by atoms with Crippen molar-refractivity contribution in [1.29, 1.82) is 0 Å². The molecule has 0 unspecified atom stereocenters. The lowest BCUT2D eigenvalue weighted by molar-refractivity contribution is 0.0963. The van der Waals surface area contributed by atoms with Crippen molar-refractivity contribution in [2.45, 2.75) is 13.5 Å². The number of carbonyl (C=O) groups excluding carboxylic acids is 2. The summed E-state index contributed by atoms with van der Waals surface area (Å²) in [5, 5.41) is 7.43. The van der Waals surface area contributed by atoms with Crippen molar-refractivity contribution >= 4 is 28.8 Å². The minimum absolute atomic E-state index is 0.239. The van der Waals surface area contributed by atoms with Crippen molar-refractivity contribution in [3.05, 3.63) is 81.5 Å². The van der Waals surface area contributed by atoms with Gasteiger partial charge in [0.15, 0.2) is 0 Å². The van der Waals surface area contributed by atoms with Gasteiger partial charge in [-0.1, -0.05) is 24.3 Å². The Kier molecular flexibility index (Phi) is 5.88. The highest BCUT2D eigenvalue weighted by Crippen LogP contribution is 2.22. The normalized spacial score (nSPS) is 10.3. The Hall–Kier alpha value is -3.12. The molecule has 27 heavy (non-hydrogen) atoms. The summed E-state index contributed by atoms with van der Waals surface area (Å²) >= 11 is 1.62. The quantitative estimate of drug-likeness (QED) is 0.672. The number of ether oxygens (including phenoxy) is 1. The second-order valence-corrected chi connectivity index (χ2v) is 6.96. The Balaban J connectivity index is 1.76. The highest BCUT2D eigenvalue weighted by atomic mass is 32.1. The Morgan fingerprint density at radius 3 is 2.59 bits per heavy atom. The van der Waals surface area contributed by atoms with Crippen LogP contribution in [0, 0.1) is 6.92 Å². The topological polar surface area (TPSA) is 67.4 Å². The average molecular weight is 380 g/mol. The van der Waals surface area contributed by atoms with Gasteiger partial charge in [0, 0.05) is 17.5 Å². The number of thiophene rings is 1. The third kappa shape index (κ3) is 4.54. The lowest BCUT2D eigenvalue weighted by Crippen LogP contribution is -2.22. The first kappa shape index (κ1) is 18.7. The van der Waals surface area contributed by atoms with Crippen LogP contribution in [0.5, 0.6) is 5.75 Å². The maximum Gasteiger partial charge on any atom is 0.255 e. The second-order valence-electron chi connectivity index (χ2n) is 5.93. The fourth-order valence-electron chi connectivity index (χ4n) is 2.67. The maximum absolute atomic E-state index is 12.7. The van der Waals surface area contributed by atoms with Crippen molar-refractivity contribution in [1.82, 2.24) is 5.32 Å². The lowest BCUT2D eigenvalue weighted by atomic mass is 10.1. The number of amides is 2. The lowest BCUT2D eigenvalue weighted by Gasteiger charge is -2.13. The molecular formula is C21H20N2O3S. The van der Waals surface area contributed by atoms with E-state index in [1.54, 1.807) is 48.7 Å². The van der Waals surface area contributed by atoms with E-state index >= 15 is 0 Å². The summed E-state index contributed by atoms with van der Waals surface area (Å²) in [4.78, 5) is 25.9. The van der Waals surface area contributed by atoms with E-state index in [2.05, 4.69) is 10.6 Å². The number of rotatable bonds is 6. The molecule has 2 aromatic carbocycles. The van der Waals surface area contributed by atoms with Crippen molar-refractivity contribution < 1.29 is 14.3 Å². The number of nitrogens with one attached hydrogen (secondary N) is 2. The van der Waals surface area contributed by atoms with Gasteiger partial charge in [0.2, 0.25) is 0 Å². The number of aryl methyl sites for hydroxylation is 1. The van der Waals surface area contributed by atoms with E-state index < -0.39 is 0 Å². The highest BCUT2D eigenvalue weighted by Gasteiger charge is 2.16. The smallest absolute Gasteiger partial charge is 0.255 e. The van der Waals surface area contributed by atoms with Gasteiger partial charge in [0.1, 0.15) is 12.4 Å². The van der Waals surface area contributed by atoms with E-state index in [9.17, 15) is 9.59 Å². The fourth-order valence-corrected chi connectivity index (χ4v) is 3.29. The van der Waals surface area contributed by atoms with Gasteiger partial charge in [-0.2, -0.15) is 0 Å². The first-order valence-corrected chi connectivity index (χ1v) is 9.34. The van der Waals surface area contributed by atoms with Crippen LogP contribution in [-0.2, 0) is 6.61 Å². The van der Waals surface area contributed by atoms with Gasteiger partial charge in [-0.3, -0.25) is 9.59 Å². The SMILES string of the molecule is CNC(=O)c1c(C)cccc1NC(=O)c1cccc(OCc2cccs2)c1. The van der Waals surface area contributed by atoms with Crippen LogP contribution >= 0.6 is 11.3 Å². The molecule has 0 bridgehead atoms. The largest absolute Gasteiger partial charge is 0.488 e. The van der Waals surface area contributed by atoms with Gasteiger partial charge in [0.25, 0.3) is 11.8 Å². The summed E-state index contributed by atoms with van der Waals surface area (Å²) < 4.78 is 5.76.